The minimum atomic E-state index is -3.51. The summed E-state index contributed by atoms with van der Waals surface area (Å²) in [6.45, 7) is 4.14. The third-order valence-electron chi connectivity index (χ3n) is 4.20. The van der Waals surface area contributed by atoms with Crippen molar-refractivity contribution >= 4 is 15.9 Å². The van der Waals surface area contributed by atoms with Crippen molar-refractivity contribution in [3.05, 3.63) is 65.2 Å². The number of carbonyl (C=O) groups is 1. The highest BCUT2D eigenvalue weighted by Crippen LogP contribution is 2.24. The summed E-state index contributed by atoms with van der Waals surface area (Å²) in [6, 6.07) is 14.7. The molecule has 0 aromatic heterocycles. The van der Waals surface area contributed by atoms with Gasteiger partial charge in [0.1, 0.15) is 5.75 Å². The van der Waals surface area contributed by atoms with E-state index >= 15 is 0 Å². The predicted octanol–water partition coefficient (Wildman–Crippen LogP) is 4.00. The van der Waals surface area contributed by atoms with Gasteiger partial charge in [-0.15, -0.1) is 0 Å². The number of hydrogen-bond acceptors (Lipinski definition) is 5. The monoisotopic (exact) mass is 390 g/mol. The SMILES string of the molecule is CCc1ccc(OCCC(CC)OS(C)(=O)=O)c(C(=O)c2ccccc2)c1. The summed E-state index contributed by atoms with van der Waals surface area (Å²) in [7, 11) is -3.51. The van der Waals surface area contributed by atoms with Crippen molar-refractivity contribution in [2.45, 2.75) is 39.2 Å². The molecule has 27 heavy (non-hydrogen) atoms. The van der Waals surface area contributed by atoms with Gasteiger partial charge in [0, 0.05) is 12.0 Å². The Kier molecular flexibility index (Phi) is 7.56. The number of ether oxygens (including phenoxy) is 1. The summed E-state index contributed by atoms with van der Waals surface area (Å²) in [6.07, 6.45) is 2.38. The van der Waals surface area contributed by atoms with Crippen molar-refractivity contribution in [2.75, 3.05) is 12.9 Å². The van der Waals surface area contributed by atoms with Crippen molar-refractivity contribution < 1.29 is 22.1 Å². The first-order valence-electron chi connectivity index (χ1n) is 9.07. The highest BCUT2D eigenvalue weighted by atomic mass is 32.2. The highest BCUT2D eigenvalue weighted by Gasteiger charge is 2.17. The molecule has 2 rings (SSSR count). The van der Waals surface area contributed by atoms with E-state index in [0.29, 0.717) is 29.7 Å². The zero-order chi connectivity index (χ0) is 19.9. The normalized spacial score (nSPS) is 12.6. The van der Waals surface area contributed by atoms with Gasteiger partial charge in [0.25, 0.3) is 10.1 Å². The predicted molar refractivity (Wildman–Crippen MR) is 106 cm³/mol. The van der Waals surface area contributed by atoms with Crippen LogP contribution in [0.1, 0.15) is 48.2 Å². The molecule has 0 spiro atoms. The van der Waals surface area contributed by atoms with Crippen LogP contribution in [0.2, 0.25) is 0 Å². The van der Waals surface area contributed by atoms with Crippen LogP contribution in [0.15, 0.2) is 48.5 Å². The Morgan fingerprint density at radius 1 is 1.07 bits per heavy atom. The van der Waals surface area contributed by atoms with Gasteiger partial charge in [0.2, 0.25) is 0 Å². The van der Waals surface area contributed by atoms with Crippen molar-refractivity contribution in [1.29, 1.82) is 0 Å². The average Bonchev–Trinajstić information content (AvgIpc) is 2.66. The van der Waals surface area contributed by atoms with Crippen LogP contribution in [0.25, 0.3) is 0 Å². The molecule has 0 heterocycles. The minimum absolute atomic E-state index is 0.0969. The summed E-state index contributed by atoms with van der Waals surface area (Å²) in [5.74, 6) is 0.399. The van der Waals surface area contributed by atoms with E-state index in [-0.39, 0.29) is 12.4 Å². The molecule has 2 aromatic carbocycles. The minimum Gasteiger partial charge on any atom is -0.493 e. The van der Waals surface area contributed by atoms with Crippen LogP contribution < -0.4 is 4.74 Å². The third-order valence-corrected chi connectivity index (χ3v) is 4.82. The number of benzene rings is 2. The van der Waals surface area contributed by atoms with Crippen LogP contribution in [0.4, 0.5) is 0 Å². The molecule has 0 amide bonds. The first-order chi connectivity index (χ1) is 12.8. The van der Waals surface area contributed by atoms with Gasteiger partial charge in [-0.2, -0.15) is 8.42 Å². The second kappa shape index (κ2) is 9.67. The van der Waals surface area contributed by atoms with Crippen LogP contribution in [-0.4, -0.2) is 33.2 Å². The highest BCUT2D eigenvalue weighted by molar-refractivity contribution is 7.86. The van der Waals surface area contributed by atoms with Gasteiger partial charge in [-0.1, -0.05) is 50.2 Å². The van der Waals surface area contributed by atoms with E-state index in [9.17, 15) is 13.2 Å². The van der Waals surface area contributed by atoms with E-state index in [4.69, 9.17) is 8.92 Å². The van der Waals surface area contributed by atoms with E-state index in [1.54, 1.807) is 18.2 Å². The second-order valence-electron chi connectivity index (χ2n) is 6.35. The Morgan fingerprint density at radius 2 is 1.78 bits per heavy atom. The summed E-state index contributed by atoms with van der Waals surface area (Å²) >= 11 is 0. The van der Waals surface area contributed by atoms with Crippen LogP contribution in [0.3, 0.4) is 0 Å². The lowest BCUT2D eigenvalue weighted by atomic mass is 9.99. The molecule has 0 bridgehead atoms. The fraction of sp³-hybridized carbons (Fsp3) is 0.381. The Labute approximate surface area is 161 Å². The smallest absolute Gasteiger partial charge is 0.264 e. The van der Waals surface area contributed by atoms with Crippen LogP contribution >= 0.6 is 0 Å². The molecule has 0 N–H and O–H groups in total. The lowest BCUT2D eigenvalue weighted by Crippen LogP contribution is -2.19. The van der Waals surface area contributed by atoms with E-state index in [1.807, 2.05) is 44.2 Å². The van der Waals surface area contributed by atoms with Crippen LogP contribution in [-0.2, 0) is 20.7 Å². The molecule has 0 aliphatic rings. The number of ketones is 1. The van der Waals surface area contributed by atoms with Crippen LogP contribution in [0.5, 0.6) is 5.75 Å². The first-order valence-corrected chi connectivity index (χ1v) is 10.9. The molecule has 0 saturated carbocycles. The molecule has 0 aliphatic carbocycles. The number of aryl methyl sites for hydroxylation is 1. The molecule has 5 nitrogen and oxygen atoms in total. The summed E-state index contributed by atoms with van der Waals surface area (Å²) in [5.41, 5.74) is 2.16. The van der Waals surface area contributed by atoms with Gasteiger partial charge in [-0.3, -0.25) is 8.98 Å². The standard InChI is InChI=1S/C21H26O5S/c1-4-16-11-12-20(25-14-13-18(5-2)26-27(3,23)24)19(15-16)21(22)17-9-7-6-8-10-17/h6-12,15,18H,4-5,13-14H2,1-3H3. The van der Waals surface area contributed by atoms with Gasteiger partial charge < -0.3 is 4.74 Å². The molecule has 1 atom stereocenters. The Bertz CT molecular complexity index is 859. The average molecular weight is 391 g/mol. The fourth-order valence-corrected chi connectivity index (χ4v) is 3.44. The Hall–Kier alpha value is -2.18. The van der Waals surface area contributed by atoms with Crippen molar-refractivity contribution in [3.63, 3.8) is 0 Å². The second-order valence-corrected chi connectivity index (χ2v) is 7.95. The van der Waals surface area contributed by atoms with E-state index < -0.39 is 16.2 Å². The molecule has 2 aromatic rings. The van der Waals surface area contributed by atoms with Gasteiger partial charge in [0.15, 0.2) is 5.78 Å². The van der Waals surface area contributed by atoms with E-state index in [0.717, 1.165) is 18.2 Å². The summed E-state index contributed by atoms with van der Waals surface area (Å²) in [4.78, 5) is 12.9. The lowest BCUT2D eigenvalue weighted by molar-refractivity contribution is 0.103. The molecule has 0 fully saturated rings. The molecular formula is C21H26O5S. The zero-order valence-corrected chi connectivity index (χ0v) is 16.8. The molecule has 6 heteroatoms. The van der Waals surface area contributed by atoms with Crippen molar-refractivity contribution in [2.24, 2.45) is 0 Å². The van der Waals surface area contributed by atoms with Gasteiger partial charge in [-0.25, -0.2) is 0 Å². The molecule has 0 saturated heterocycles. The molecule has 0 radical (unpaired) electrons. The van der Waals surface area contributed by atoms with E-state index in [1.165, 1.54) is 0 Å². The number of carbonyl (C=O) groups excluding carboxylic acids is 1. The maximum atomic E-state index is 12.9. The first kappa shape index (κ1) is 21.1. The Balaban J connectivity index is 2.15. The van der Waals surface area contributed by atoms with Gasteiger partial charge in [0.05, 0.1) is 24.5 Å². The van der Waals surface area contributed by atoms with Gasteiger partial charge in [-0.05, 0) is 30.5 Å². The fourth-order valence-electron chi connectivity index (χ4n) is 2.71. The van der Waals surface area contributed by atoms with Crippen molar-refractivity contribution in [1.82, 2.24) is 0 Å². The number of hydrogen-bond donors (Lipinski definition) is 0. The Morgan fingerprint density at radius 3 is 2.37 bits per heavy atom. The largest absolute Gasteiger partial charge is 0.493 e. The van der Waals surface area contributed by atoms with E-state index in [2.05, 4.69) is 0 Å². The summed E-state index contributed by atoms with van der Waals surface area (Å²) in [5, 5.41) is 0. The van der Waals surface area contributed by atoms with Crippen molar-refractivity contribution in [3.8, 4) is 5.75 Å². The van der Waals surface area contributed by atoms with Gasteiger partial charge >= 0.3 is 0 Å². The number of rotatable bonds is 10. The maximum absolute atomic E-state index is 12.9. The topological polar surface area (TPSA) is 69.7 Å². The quantitative estimate of drug-likeness (QED) is 0.453. The molecule has 1 unspecified atom stereocenters. The van der Waals surface area contributed by atoms with Crippen LogP contribution in [0, 0.1) is 0 Å². The summed E-state index contributed by atoms with van der Waals surface area (Å²) < 4.78 is 33.5. The molecule has 0 aliphatic heterocycles. The molecular weight excluding hydrogens is 364 g/mol. The lowest BCUT2D eigenvalue weighted by Gasteiger charge is -2.16. The molecule has 146 valence electrons. The zero-order valence-electron chi connectivity index (χ0n) is 16.0. The third kappa shape index (κ3) is 6.48. The maximum Gasteiger partial charge on any atom is 0.264 e.